The molecule has 0 aliphatic carbocycles. The molecule has 3 nitrogen and oxygen atoms in total. The Labute approximate surface area is 129 Å². The number of nitrogens with zero attached hydrogens (tertiary/aromatic N) is 2. The van der Waals surface area contributed by atoms with Crippen molar-refractivity contribution in [2.24, 2.45) is 16.6 Å². The van der Waals surface area contributed by atoms with E-state index in [1.165, 1.54) is 18.4 Å². The van der Waals surface area contributed by atoms with E-state index in [0.29, 0.717) is 5.92 Å². The fourth-order valence-electron chi connectivity index (χ4n) is 2.30. The third kappa shape index (κ3) is 6.21. The topological polar surface area (TPSA) is 51.3 Å². The van der Waals surface area contributed by atoms with Crippen molar-refractivity contribution in [1.82, 2.24) is 4.98 Å². The highest BCUT2D eigenvalue weighted by molar-refractivity contribution is 6.07. The molecule has 1 aromatic rings. The molecule has 116 valence electrons. The van der Waals surface area contributed by atoms with E-state index in [1.54, 1.807) is 0 Å². The lowest BCUT2D eigenvalue weighted by molar-refractivity contribution is 0.521. The molecule has 2 heterocycles. The molecule has 2 rings (SSSR count). The van der Waals surface area contributed by atoms with Gasteiger partial charge in [0.1, 0.15) is 0 Å². The molecule has 0 radical (unpaired) electrons. The van der Waals surface area contributed by atoms with Crippen LogP contribution in [-0.4, -0.2) is 23.8 Å². The van der Waals surface area contributed by atoms with Gasteiger partial charge in [0.25, 0.3) is 0 Å². The first-order valence-corrected chi connectivity index (χ1v) is 8.15. The van der Waals surface area contributed by atoms with E-state index in [9.17, 15) is 0 Å². The van der Waals surface area contributed by atoms with Crippen LogP contribution in [0.15, 0.2) is 35.5 Å². The lowest BCUT2D eigenvalue weighted by atomic mass is 9.98. The summed E-state index contributed by atoms with van der Waals surface area (Å²) in [5, 5.41) is 0. The molecule has 1 unspecified atom stereocenters. The van der Waals surface area contributed by atoms with Gasteiger partial charge in [-0.2, -0.15) is 0 Å². The van der Waals surface area contributed by atoms with E-state index < -0.39 is 0 Å². The Bertz CT molecular complexity index is 446. The average molecular weight is 287 g/mol. The zero-order valence-electron chi connectivity index (χ0n) is 13.7. The van der Waals surface area contributed by atoms with Crippen LogP contribution in [0.4, 0.5) is 0 Å². The molecule has 0 fully saturated rings. The summed E-state index contributed by atoms with van der Waals surface area (Å²) in [5.74, 6) is 0.637. The maximum atomic E-state index is 5.54. The van der Waals surface area contributed by atoms with Crippen LogP contribution in [0, 0.1) is 12.8 Å². The second kappa shape index (κ2) is 10.3. The highest BCUT2D eigenvalue weighted by Gasteiger charge is 2.10. The average Bonchev–Trinajstić information content (AvgIpc) is 2.76. The minimum absolute atomic E-state index is 0.637. The molecular formula is C18H29N3. The van der Waals surface area contributed by atoms with Crippen molar-refractivity contribution in [2.45, 2.75) is 46.5 Å². The largest absolute Gasteiger partial charge is 0.330 e. The van der Waals surface area contributed by atoms with E-state index in [-0.39, 0.29) is 0 Å². The van der Waals surface area contributed by atoms with Gasteiger partial charge in [-0.25, -0.2) is 0 Å². The van der Waals surface area contributed by atoms with Crippen molar-refractivity contribution >= 4 is 5.71 Å². The van der Waals surface area contributed by atoms with Crippen LogP contribution in [-0.2, 0) is 0 Å². The van der Waals surface area contributed by atoms with Crippen LogP contribution in [0.5, 0.6) is 0 Å². The van der Waals surface area contributed by atoms with E-state index in [1.807, 2.05) is 26.1 Å². The van der Waals surface area contributed by atoms with E-state index in [2.05, 4.69) is 35.1 Å². The molecule has 1 aromatic heterocycles. The van der Waals surface area contributed by atoms with E-state index in [0.717, 1.165) is 37.3 Å². The highest BCUT2D eigenvalue weighted by Crippen LogP contribution is 2.18. The number of pyridine rings is 1. The summed E-state index contributed by atoms with van der Waals surface area (Å²) in [6.45, 7) is 7.74. The summed E-state index contributed by atoms with van der Waals surface area (Å²) >= 11 is 0. The molecule has 0 bridgehead atoms. The Kier molecular flexibility index (Phi) is 8.60. The minimum atomic E-state index is 0.637. The number of aryl methyl sites for hydroxylation is 1. The Morgan fingerprint density at radius 2 is 2.05 bits per heavy atom. The molecule has 0 aromatic carbocycles. The van der Waals surface area contributed by atoms with E-state index in [4.69, 9.17) is 5.73 Å². The summed E-state index contributed by atoms with van der Waals surface area (Å²) in [4.78, 5) is 9.09. The van der Waals surface area contributed by atoms with Crippen LogP contribution >= 0.6 is 0 Å². The summed E-state index contributed by atoms with van der Waals surface area (Å²) in [5.41, 5.74) is 8.71. The third-order valence-electron chi connectivity index (χ3n) is 3.51. The van der Waals surface area contributed by atoms with Gasteiger partial charge in [0.2, 0.25) is 0 Å². The van der Waals surface area contributed by atoms with Gasteiger partial charge in [-0.1, -0.05) is 32.4 Å². The van der Waals surface area contributed by atoms with Crippen molar-refractivity contribution in [2.75, 3.05) is 13.1 Å². The normalized spacial score (nSPS) is 17.5. The summed E-state index contributed by atoms with van der Waals surface area (Å²) < 4.78 is 0. The first-order valence-electron chi connectivity index (χ1n) is 8.15. The maximum absolute atomic E-state index is 5.54. The van der Waals surface area contributed by atoms with Gasteiger partial charge in [0.05, 0.1) is 11.4 Å². The van der Waals surface area contributed by atoms with Crippen molar-refractivity contribution in [3.63, 3.8) is 0 Å². The molecule has 0 saturated heterocycles. The van der Waals surface area contributed by atoms with Gasteiger partial charge in [-0.3, -0.25) is 9.98 Å². The number of allylic oxidation sites excluding steroid dienone is 2. The molecule has 3 heteroatoms. The first kappa shape index (κ1) is 17.6. The second-order valence-corrected chi connectivity index (χ2v) is 5.18. The number of nitrogens with two attached hydrogens (primary N) is 1. The predicted molar refractivity (Wildman–Crippen MR) is 91.9 cm³/mol. The number of unbranched alkanes of at least 4 members (excludes halogenated alkanes) is 1. The van der Waals surface area contributed by atoms with Crippen LogP contribution < -0.4 is 5.73 Å². The SMILES string of the molecule is CC.Cc1ccc(C2=NCCC(CCCCN)C=C2)nc1. The zero-order chi connectivity index (χ0) is 15.5. The van der Waals surface area contributed by atoms with Crippen LogP contribution in [0.1, 0.15) is 50.8 Å². The Morgan fingerprint density at radius 3 is 2.71 bits per heavy atom. The molecule has 1 atom stereocenters. The minimum Gasteiger partial charge on any atom is -0.330 e. The number of rotatable bonds is 5. The Morgan fingerprint density at radius 1 is 1.24 bits per heavy atom. The molecule has 21 heavy (non-hydrogen) atoms. The fraction of sp³-hybridized carbons (Fsp3) is 0.556. The van der Waals surface area contributed by atoms with Gasteiger partial charge in [-0.05, 0) is 56.4 Å². The van der Waals surface area contributed by atoms with Gasteiger partial charge in [0.15, 0.2) is 0 Å². The first-order chi connectivity index (χ1) is 10.3. The molecule has 1 aliphatic heterocycles. The smallest absolute Gasteiger partial charge is 0.0881 e. The van der Waals surface area contributed by atoms with E-state index >= 15 is 0 Å². The van der Waals surface area contributed by atoms with Gasteiger partial charge in [-0.15, -0.1) is 0 Å². The van der Waals surface area contributed by atoms with Crippen molar-refractivity contribution in [3.05, 3.63) is 41.7 Å². The second-order valence-electron chi connectivity index (χ2n) is 5.18. The fourth-order valence-corrected chi connectivity index (χ4v) is 2.30. The molecule has 1 aliphatic rings. The van der Waals surface area contributed by atoms with Gasteiger partial charge in [0, 0.05) is 12.7 Å². The van der Waals surface area contributed by atoms with Crippen LogP contribution in [0.3, 0.4) is 0 Å². The zero-order valence-corrected chi connectivity index (χ0v) is 13.7. The number of hydrogen-bond donors (Lipinski definition) is 1. The van der Waals surface area contributed by atoms with Crippen LogP contribution in [0.2, 0.25) is 0 Å². The quantitative estimate of drug-likeness (QED) is 0.835. The van der Waals surface area contributed by atoms with Crippen molar-refractivity contribution < 1.29 is 0 Å². The molecule has 0 saturated carbocycles. The number of aliphatic imine (C=N–C) groups is 1. The Balaban J connectivity index is 0.00000106. The van der Waals surface area contributed by atoms with Gasteiger partial charge < -0.3 is 5.73 Å². The number of aromatic nitrogens is 1. The summed E-state index contributed by atoms with van der Waals surface area (Å²) in [6, 6.07) is 4.13. The van der Waals surface area contributed by atoms with Gasteiger partial charge >= 0.3 is 0 Å². The lowest BCUT2D eigenvalue weighted by Gasteiger charge is -2.08. The molecule has 2 N–H and O–H groups in total. The summed E-state index contributed by atoms with van der Waals surface area (Å²) in [7, 11) is 0. The maximum Gasteiger partial charge on any atom is 0.0881 e. The monoisotopic (exact) mass is 287 g/mol. The number of hydrogen-bond acceptors (Lipinski definition) is 3. The predicted octanol–water partition coefficient (Wildman–Crippen LogP) is 3.91. The standard InChI is InChI=1S/C16H23N3.C2H6/c1-13-5-7-16(19-12-13)15-8-6-14(9-11-18-15)4-2-3-10-17;1-2/h5-8,12,14H,2-4,9-11,17H2,1H3;1-2H3. The molecular weight excluding hydrogens is 258 g/mol. The lowest BCUT2D eigenvalue weighted by Crippen LogP contribution is -2.02. The summed E-state index contributed by atoms with van der Waals surface area (Å²) in [6.07, 6.45) is 11.0. The molecule has 0 spiro atoms. The van der Waals surface area contributed by atoms with Crippen molar-refractivity contribution in [1.29, 1.82) is 0 Å². The van der Waals surface area contributed by atoms with Crippen LogP contribution in [0.25, 0.3) is 0 Å². The highest BCUT2D eigenvalue weighted by atomic mass is 14.8. The molecule has 0 amide bonds. The van der Waals surface area contributed by atoms with Crippen molar-refractivity contribution in [3.8, 4) is 0 Å². The third-order valence-corrected chi connectivity index (χ3v) is 3.51. The Hall–Kier alpha value is -1.48.